The molecule has 0 saturated carbocycles. The molecule has 0 aromatic rings. The molecule has 0 radical (unpaired) electrons. The molecule has 30 heavy (non-hydrogen) atoms. The van der Waals surface area contributed by atoms with Crippen LogP contribution in [0.15, 0.2) is 0 Å². The molecule has 166 valence electrons. The quantitative estimate of drug-likeness (QED) is 0.174. The molecule has 0 N–H and O–H groups in total. The van der Waals surface area contributed by atoms with E-state index in [-0.39, 0.29) is 25.3 Å². The molecule has 0 rings (SSSR count). The van der Waals surface area contributed by atoms with Crippen molar-refractivity contribution in [3.8, 4) is 23.7 Å². The van der Waals surface area contributed by atoms with Crippen LogP contribution in [0, 0.1) is 23.7 Å². The van der Waals surface area contributed by atoms with Crippen LogP contribution in [0.1, 0.15) is 142 Å². The Hall–Kier alpha value is -0.813. The predicted molar refractivity (Wildman–Crippen MR) is 123 cm³/mol. The molecule has 0 aromatic heterocycles. The summed E-state index contributed by atoms with van der Waals surface area (Å²) in [5, 5.41) is 10.3. The molecule has 2 nitrogen and oxygen atoms in total. The van der Waals surface area contributed by atoms with Crippen molar-refractivity contribution < 1.29 is 28.8 Å². The number of carbonyl (C=O) groups is 1. The standard InChI is InChI=1S/C27H46O2.Li/c1-2-3-4-5-6-7-8-9-10-11-12-13-14-15-16-17-18-19-20-21-22-23-24-25-26-27(28)29;/h2-14,19-26H2,1H3,(H,28,29);/q;+1/p-1. The zero-order chi connectivity index (χ0) is 21.3. The number of carbonyl (C=O) groups excluding carboxylic acids is 1. The fourth-order valence-electron chi connectivity index (χ4n) is 3.46. The van der Waals surface area contributed by atoms with E-state index in [1.165, 1.54) is 89.9 Å². The van der Waals surface area contributed by atoms with Crippen molar-refractivity contribution in [1.82, 2.24) is 0 Å². The summed E-state index contributed by atoms with van der Waals surface area (Å²) in [6.07, 6.45) is 25.0. The monoisotopic (exact) mass is 408 g/mol. The summed E-state index contributed by atoms with van der Waals surface area (Å²) in [6, 6.07) is 0. The van der Waals surface area contributed by atoms with Crippen LogP contribution < -0.4 is 24.0 Å². The molecule has 0 aliphatic rings. The van der Waals surface area contributed by atoms with Crippen molar-refractivity contribution in [2.45, 2.75) is 142 Å². The van der Waals surface area contributed by atoms with Crippen LogP contribution in [-0.2, 0) is 4.79 Å². The first-order valence-corrected chi connectivity index (χ1v) is 12.4. The molecular formula is C27H45LiO2. The first-order chi connectivity index (χ1) is 14.3. The first kappa shape index (κ1) is 31.4. The molecule has 0 amide bonds. The fourth-order valence-corrected chi connectivity index (χ4v) is 3.46. The van der Waals surface area contributed by atoms with Crippen molar-refractivity contribution in [3.63, 3.8) is 0 Å². The third kappa shape index (κ3) is 29.4. The van der Waals surface area contributed by atoms with Crippen molar-refractivity contribution >= 4 is 5.97 Å². The number of hydrogen-bond acceptors (Lipinski definition) is 2. The zero-order valence-electron chi connectivity index (χ0n) is 20.2. The molecule has 0 unspecified atom stereocenters. The van der Waals surface area contributed by atoms with Gasteiger partial charge in [0, 0.05) is 18.8 Å². The van der Waals surface area contributed by atoms with Gasteiger partial charge < -0.3 is 9.90 Å². The van der Waals surface area contributed by atoms with E-state index < -0.39 is 5.97 Å². The van der Waals surface area contributed by atoms with Crippen LogP contribution in [-0.4, -0.2) is 5.97 Å². The molecule has 0 aliphatic carbocycles. The van der Waals surface area contributed by atoms with Crippen LogP contribution in [0.2, 0.25) is 0 Å². The second-order valence-corrected chi connectivity index (χ2v) is 8.24. The molecule has 3 heteroatoms. The zero-order valence-corrected chi connectivity index (χ0v) is 20.2. The van der Waals surface area contributed by atoms with Gasteiger partial charge in [-0.3, -0.25) is 0 Å². The minimum absolute atomic E-state index is 0. The van der Waals surface area contributed by atoms with E-state index in [1.807, 2.05) is 0 Å². The molecule has 0 atom stereocenters. The Kier molecular flexibility index (Phi) is 29.5. The Morgan fingerprint density at radius 2 is 0.900 bits per heavy atom. The van der Waals surface area contributed by atoms with Gasteiger partial charge in [-0.1, -0.05) is 115 Å². The SMILES string of the molecule is CCCCCCCCCCCCCCC#CC#CCCCCCCCCC(=O)[O-].[Li+]. The fraction of sp³-hybridized carbons (Fsp3) is 0.815. The average molecular weight is 409 g/mol. The summed E-state index contributed by atoms with van der Waals surface area (Å²) >= 11 is 0. The van der Waals surface area contributed by atoms with Crippen molar-refractivity contribution in [2.75, 3.05) is 0 Å². The Morgan fingerprint density at radius 3 is 1.27 bits per heavy atom. The molecule has 0 aliphatic heterocycles. The van der Waals surface area contributed by atoms with Gasteiger partial charge in [0.2, 0.25) is 0 Å². The second-order valence-electron chi connectivity index (χ2n) is 8.24. The Bertz CT molecular complexity index is 479. The largest absolute Gasteiger partial charge is 1.00 e. The number of unbranched alkanes of at least 4 members (excludes halogenated alkanes) is 18. The number of aliphatic carboxylic acids is 1. The van der Waals surface area contributed by atoms with Crippen LogP contribution in [0.3, 0.4) is 0 Å². The van der Waals surface area contributed by atoms with Crippen molar-refractivity contribution in [2.24, 2.45) is 0 Å². The van der Waals surface area contributed by atoms with Gasteiger partial charge in [-0.15, -0.1) is 0 Å². The molecule has 0 bridgehead atoms. The first-order valence-electron chi connectivity index (χ1n) is 12.4. The summed E-state index contributed by atoms with van der Waals surface area (Å²) < 4.78 is 0. The Labute approximate surface area is 199 Å². The van der Waals surface area contributed by atoms with Gasteiger partial charge in [-0.05, 0) is 37.5 Å². The third-order valence-corrected chi connectivity index (χ3v) is 5.33. The van der Waals surface area contributed by atoms with Gasteiger partial charge in [-0.2, -0.15) is 0 Å². The van der Waals surface area contributed by atoms with E-state index in [1.54, 1.807) is 0 Å². The van der Waals surface area contributed by atoms with E-state index in [2.05, 4.69) is 30.6 Å². The minimum atomic E-state index is -0.930. The van der Waals surface area contributed by atoms with Gasteiger partial charge >= 0.3 is 18.9 Å². The Balaban J connectivity index is 0. The molecule has 0 fully saturated rings. The average Bonchev–Trinajstić information content (AvgIpc) is 2.71. The van der Waals surface area contributed by atoms with Gasteiger partial charge in [0.15, 0.2) is 0 Å². The van der Waals surface area contributed by atoms with Crippen molar-refractivity contribution in [3.05, 3.63) is 0 Å². The topological polar surface area (TPSA) is 40.1 Å². The van der Waals surface area contributed by atoms with Crippen LogP contribution >= 0.6 is 0 Å². The number of hydrogen-bond donors (Lipinski definition) is 0. The molecule has 0 heterocycles. The summed E-state index contributed by atoms with van der Waals surface area (Å²) in [7, 11) is 0. The molecule has 0 saturated heterocycles. The van der Waals surface area contributed by atoms with Crippen molar-refractivity contribution in [1.29, 1.82) is 0 Å². The number of rotatable bonds is 20. The van der Waals surface area contributed by atoms with Gasteiger partial charge in [-0.25, -0.2) is 0 Å². The van der Waals surface area contributed by atoms with E-state index in [4.69, 9.17) is 0 Å². The van der Waals surface area contributed by atoms with Crippen LogP contribution in [0.5, 0.6) is 0 Å². The van der Waals surface area contributed by atoms with Gasteiger partial charge in [0.25, 0.3) is 0 Å². The normalized spacial score (nSPS) is 9.77. The minimum Gasteiger partial charge on any atom is -0.550 e. The molecule has 0 aromatic carbocycles. The van der Waals surface area contributed by atoms with Crippen LogP contribution in [0.4, 0.5) is 0 Å². The van der Waals surface area contributed by atoms with Gasteiger partial charge in [0.1, 0.15) is 0 Å². The van der Waals surface area contributed by atoms with E-state index >= 15 is 0 Å². The number of carboxylic acid groups (broad SMARTS) is 1. The summed E-state index contributed by atoms with van der Waals surface area (Å²) in [5.41, 5.74) is 0. The maximum atomic E-state index is 10.3. The van der Waals surface area contributed by atoms with E-state index in [0.29, 0.717) is 0 Å². The van der Waals surface area contributed by atoms with E-state index in [0.717, 1.165) is 38.5 Å². The van der Waals surface area contributed by atoms with E-state index in [9.17, 15) is 9.90 Å². The Morgan fingerprint density at radius 1 is 0.567 bits per heavy atom. The summed E-state index contributed by atoms with van der Waals surface area (Å²) in [5.74, 6) is 11.3. The van der Waals surface area contributed by atoms with Crippen LogP contribution in [0.25, 0.3) is 0 Å². The van der Waals surface area contributed by atoms with Gasteiger partial charge in [0.05, 0.1) is 0 Å². The predicted octanol–water partition coefficient (Wildman–Crippen LogP) is 3.96. The maximum absolute atomic E-state index is 10.3. The molecule has 0 spiro atoms. The number of carboxylic acids is 1. The third-order valence-electron chi connectivity index (χ3n) is 5.33. The summed E-state index contributed by atoms with van der Waals surface area (Å²) in [4.78, 5) is 10.3. The second kappa shape index (κ2) is 28.2. The maximum Gasteiger partial charge on any atom is 1.00 e. The smallest absolute Gasteiger partial charge is 0.550 e. The molecular weight excluding hydrogens is 363 g/mol. The summed E-state index contributed by atoms with van der Waals surface area (Å²) in [6.45, 7) is 2.28.